The highest BCUT2D eigenvalue weighted by Crippen LogP contribution is 2.55. The average molecular weight is 1910 g/mol. The topological polar surface area (TPSA) is 371 Å². The molecular weight excluding hydrogens is 1710 g/mol. The number of hydrogen-bond donors (Lipinski definition) is 0. The van der Waals surface area contributed by atoms with Crippen molar-refractivity contribution in [2.75, 3.05) is 122 Å². The summed E-state index contributed by atoms with van der Waals surface area (Å²) in [7, 11) is 6.16. The first kappa shape index (κ1) is 161. The molecule has 0 N–H and O–H groups in total. The molecule has 0 aromatic rings. The summed E-state index contributed by atoms with van der Waals surface area (Å²) < 4.78 is 88.9. The summed E-state index contributed by atoms with van der Waals surface area (Å²) in [6.07, 6.45) is 20.0. The normalized spacial score (nSPS) is 20.3. The molecule has 4 aliphatic carbocycles. The average Bonchev–Trinajstić information content (AvgIpc) is 0.816. The van der Waals surface area contributed by atoms with E-state index in [0.717, 1.165) is 101 Å². The van der Waals surface area contributed by atoms with Crippen LogP contribution in [0.2, 0.25) is 0 Å². The maximum atomic E-state index is 12.3. The summed E-state index contributed by atoms with van der Waals surface area (Å²) in [5.74, 6) is -4.44. The number of esters is 12. The van der Waals surface area contributed by atoms with Gasteiger partial charge in [0.15, 0.2) is 13.6 Å². The van der Waals surface area contributed by atoms with E-state index < -0.39 is 74.9 Å². The Morgan fingerprint density at radius 3 is 0.629 bits per heavy atom. The first-order valence-corrected chi connectivity index (χ1v) is 39.9. The van der Waals surface area contributed by atoms with E-state index >= 15 is 0 Å². The quantitative estimate of drug-likeness (QED) is 0.0179. The van der Waals surface area contributed by atoms with Gasteiger partial charge in [0.05, 0.1) is 39.6 Å². The van der Waals surface area contributed by atoms with Gasteiger partial charge in [0, 0.05) is 104 Å². The van der Waals surface area contributed by atoms with Gasteiger partial charge in [-0.2, -0.15) is 0 Å². The van der Waals surface area contributed by atoms with Crippen LogP contribution in [-0.4, -0.2) is 194 Å². The van der Waals surface area contributed by atoms with Crippen molar-refractivity contribution in [1.82, 2.24) is 0 Å². The Bertz CT molecular complexity index is 3090. The van der Waals surface area contributed by atoms with E-state index in [-0.39, 0.29) is 262 Å². The Balaban J connectivity index is -0.0000000935. The second-order valence-electron chi connectivity index (χ2n) is 35.2. The summed E-state index contributed by atoms with van der Waals surface area (Å²) in [6.45, 7) is 40.7. The fourth-order valence-corrected chi connectivity index (χ4v) is 17.8. The van der Waals surface area contributed by atoms with Crippen molar-refractivity contribution in [3.05, 3.63) is 50.6 Å². The molecule has 4 aliphatic rings. The largest absolute Gasteiger partial charge is 0.463 e. The van der Waals surface area contributed by atoms with Crippen LogP contribution in [0.3, 0.4) is 0 Å². The number of ether oxygens (including phenoxy) is 18. The molecule has 792 valence electrons. The van der Waals surface area contributed by atoms with E-state index in [0.29, 0.717) is 91.0 Å². The van der Waals surface area contributed by atoms with Gasteiger partial charge in [-0.3, -0.25) is 38.4 Å². The predicted octanol–water partition coefficient (Wildman–Crippen LogP) is 23.8. The van der Waals surface area contributed by atoms with Gasteiger partial charge in [-0.1, -0.05) is 228 Å². The lowest BCUT2D eigenvalue weighted by Gasteiger charge is -2.46. The molecule has 4 saturated carbocycles. The van der Waals surface area contributed by atoms with Crippen molar-refractivity contribution in [2.45, 2.75) is 356 Å². The molecule has 0 radical (unpaired) electrons. The maximum absolute atomic E-state index is 12.3. The highest BCUT2D eigenvalue weighted by molar-refractivity contribution is 5.82. The number of rotatable bonds is 48. The van der Waals surface area contributed by atoms with Crippen LogP contribution in [-0.2, 0) is 143 Å². The fraction of sp³-hybridized carbons (Fsp3) is 0.804. The lowest BCUT2D eigenvalue weighted by Crippen LogP contribution is -2.37. The SMILES string of the molecule is C.C.C.C.C.C.C.C.C.C.C.C.C.C.C.C.C=CC(=O)OCOC(=O)CC1CC(C)(C)CC(C)(CCC(=O)OCCOCCOC)C1.C=CC(=O)OCOC(=O)CC1CC(C)(C)CC(C)(CCC(=O)OCOC)C1.C=CC(=O)OCOC(=O)CCC1(C)CC(CC(=O)OCCOCCOC)CC(C)(C)C1.C=CC(=O)OCOC(=O)CCC1(C)CC(CC(=O)OCOC)CC(C)(C)C1. The van der Waals surface area contributed by atoms with Gasteiger partial charge in [0.1, 0.15) is 13.2 Å². The van der Waals surface area contributed by atoms with E-state index in [4.69, 9.17) is 71.1 Å². The van der Waals surface area contributed by atoms with Gasteiger partial charge in [-0.15, -0.1) is 0 Å². The van der Waals surface area contributed by atoms with Crippen LogP contribution < -0.4 is 0 Å². The van der Waals surface area contributed by atoms with Gasteiger partial charge in [-0.25, -0.2) is 19.2 Å². The molecule has 8 unspecified atom stereocenters. The molecule has 0 aliphatic heterocycles. The highest BCUT2D eigenvalue weighted by Gasteiger charge is 2.46. The van der Waals surface area contributed by atoms with Gasteiger partial charge >= 0.3 is 71.6 Å². The van der Waals surface area contributed by atoms with E-state index in [1.807, 2.05) is 0 Å². The zero-order valence-electron chi connectivity index (χ0n) is 72.6. The van der Waals surface area contributed by atoms with Crippen LogP contribution in [0.25, 0.3) is 0 Å². The van der Waals surface area contributed by atoms with Crippen molar-refractivity contribution >= 4 is 71.6 Å². The van der Waals surface area contributed by atoms with E-state index in [2.05, 4.69) is 124 Å². The Morgan fingerprint density at radius 1 is 0.235 bits per heavy atom. The van der Waals surface area contributed by atoms with Crippen molar-refractivity contribution in [3.8, 4) is 0 Å². The van der Waals surface area contributed by atoms with Gasteiger partial charge in [-0.05, 0) is 170 Å². The molecule has 0 aromatic heterocycles. The first-order chi connectivity index (χ1) is 54.4. The number of carbonyl (C=O) groups excluding carboxylic acids is 12. The molecule has 4 rings (SSSR count). The van der Waals surface area contributed by atoms with Gasteiger partial charge < -0.3 is 85.3 Å². The molecule has 0 amide bonds. The summed E-state index contributed by atoms with van der Waals surface area (Å²) in [4.78, 5) is 140. The van der Waals surface area contributed by atoms with E-state index in [1.165, 1.54) is 14.2 Å². The number of methoxy groups -OCH3 is 4. The van der Waals surface area contributed by atoms with Gasteiger partial charge in [0.2, 0.25) is 27.2 Å². The lowest BCUT2D eigenvalue weighted by atomic mass is 9.59. The molecule has 132 heavy (non-hydrogen) atoms. The summed E-state index contributed by atoms with van der Waals surface area (Å²) >= 11 is 0. The van der Waals surface area contributed by atoms with E-state index in [9.17, 15) is 57.5 Å². The summed E-state index contributed by atoms with van der Waals surface area (Å²) in [6, 6.07) is 0. The third-order valence-electron chi connectivity index (χ3n) is 20.5. The monoisotopic (exact) mass is 1910 g/mol. The third kappa shape index (κ3) is 77.6. The Kier molecular flexibility index (Phi) is 102. The minimum absolute atomic E-state index is 0. The smallest absolute Gasteiger partial charge is 0.333 e. The van der Waals surface area contributed by atoms with Crippen LogP contribution in [0.4, 0.5) is 0 Å². The molecule has 4 fully saturated rings. The van der Waals surface area contributed by atoms with E-state index in [1.54, 1.807) is 14.2 Å². The molecule has 0 spiro atoms. The molecule has 0 bridgehead atoms. The third-order valence-corrected chi connectivity index (χ3v) is 20.5. The van der Waals surface area contributed by atoms with Crippen molar-refractivity contribution < 1.29 is 143 Å². The second kappa shape index (κ2) is 83.9. The highest BCUT2D eigenvalue weighted by atomic mass is 16.7. The molecule has 30 heteroatoms. The van der Waals surface area contributed by atoms with Crippen LogP contribution in [0.1, 0.15) is 356 Å². The summed E-state index contributed by atoms with van der Waals surface area (Å²) in [5, 5.41) is 0. The zero-order valence-corrected chi connectivity index (χ0v) is 72.6. The van der Waals surface area contributed by atoms with Crippen LogP contribution >= 0.6 is 0 Å². The van der Waals surface area contributed by atoms with Crippen LogP contribution in [0.15, 0.2) is 50.6 Å². The molecule has 0 heterocycles. The van der Waals surface area contributed by atoms with Crippen molar-refractivity contribution in [3.63, 3.8) is 0 Å². The van der Waals surface area contributed by atoms with Crippen LogP contribution in [0, 0.1) is 67.0 Å². The standard InChI is InChI=1S/2C23H38O8.2C20H32O7.16CH4/c1-6-19(24)30-17-31-20(25)7-8-23(4)15-18(14-22(2,3)16-23)13-21(26)29-12-11-28-10-9-27-5;1-6-19(24)30-17-31-21(26)13-18-14-22(2,3)16-23(4,15-18)8-7-20(25)29-12-11-28-10-9-27-5;1-6-16(21)26-14-27-17(22)7-8-20(4)11-15(10-19(2,3)12-20)9-18(23)25-13-24-5;1-6-16(21)26-14-27-18(23)9-15-10-19(2,3)12-20(4,11-15)8-7-17(22)25-13-24-5;;;;;;;;;;;;;;;;/h2*6,18H,1,7-17H2,2-5H3;2*6,15H,1,7-14H2,2-5H3;16*1H4. The lowest BCUT2D eigenvalue weighted by molar-refractivity contribution is -0.167. The molecule has 30 nitrogen and oxygen atoms in total. The van der Waals surface area contributed by atoms with Crippen molar-refractivity contribution in [2.24, 2.45) is 67.0 Å². The van der Waals surface area contributed by atoms with Crippen molar-refractivity contribution in [1.29, 1.82) is 0 Å². The molecule has 0 aromatic carbocycles. The predicted molar refractivity (Wildman–Crippen MR) is 532 cm³/mol. The molecular formula is C102H204O30. The fourth-order valence-electron chi connectivity index (χ4n) is 17.8. The summed E-state index contributed by atoms with van der Waals surface area (Å²) in [5.41, 5.74) is -0.0646. The second-order valence-corrected chi connectivity index (χ2v) is 35.2. The maximum Gasteiger partial charge on any atom is 0.333 e. The molecule has 0 saturated heterocycles. The Hall–Kier alpha value is -7.64. The van der Waals surface area contributed by atoms with Crippen LogP contribution in [0.5, 0.6) is 0 Å². The number of hydrogen-bond acceptors (Lipinski definition) is 30. The minimum Gasteiger partial charge on any atom is -0.463 e. The minimum atomic E-state index is -0.634. The zero-order chi connectivity index (χ0) is 87.7. The Morgan fingerprint density at radius 2 is 0.417 bits per heavy atom. The molecule has 8 atom stereocenters. The first-order valence-electron chi connectivity index (χ1n) is 39.9. The van der Waals surface area contributed by atoms with Gasteiger partial charge in [0.25, 0.3) is 0 Å². The Labute approximate surface area is 806 Å². The number of carbonyl (C=O) groups is 12.